The molecule has 3 aliphatic rings. The summed E-state index contributed by atoms with van der Waals surface area (Å²) in [4.78, 5) is 7.44. The molecule has 1 atom stereocenters. The van der Waals surface area contributed by atoms with Crippen LogP contribution in [-0.4, -0.2) is 12.8 Å². The fourth-order valence-corrected chi connectivity index (χ4v) is 8.64. The average Bonchev–Trinajstić information content (AvgIpc) is 3.22. The number of fused-ring (bicyclic) bond motifs is 4. The van der Waals surface area contributed by atoms with Crippen LogP contribution < -0.4 is 25.6 Å². The molecule has 1 aliphatic carbocycles. The highest BCUT2D eigenvalue weighted by Crippen LogP contribution is 2.48. The number of hydrogen-bond acceptors (Lipinski definition) is 3. The van der Waals surface area contributed by atoms with Crippen LogP contribution in [0, 0.1) is 0 Å². The summed E-state index contributed by atoms with van der Waals surface area (Å²) in [7, 11) is 0. The maximum Gasteiger partial charge on any atom is 0.247 e. The van der Waals surface area contributed by atoms with Crippen molar-refractivity contribution >= 4 is 63.0 Å². The third-order valence-corrected chi connectivity index (χ3v) is 10.8. The predicted molar refractivity (Wildman–Crippen MR) is 220 cm³/mol. The fraction of sp³-hybridized carbons (Fsp3) is 0.0417. The van der Waals surface area contributed by atoms with Crippen molar-refractivity contribution in [3.8, 4) is 0 Å². The second kappa shape index (κ2) is 12.7. The summed E-state index contributed by atoms with van der Waals surface area (Å²) in [6.45, 7) is 0.165. The van der Waals surface area contributed by atoms with Crippen molar-refractivity contribution in [1.82, 2.24) is 0 Å². The van der Waals surface area contributed by atoms with Gasteiger partial charge in [-0.3, -0.25) is 0 Å². The second-order valence-corrected chi connectivity index (χ2v) is 13.7. The van der Waals surface area contributed by atoms with Crippen LogP contribution in [0.2, 0.25) is 0 Å². The predicted octanol–water partition coefficient (Wildman–Crippen LogP) is 10.7. The molecule has 0 saturated heterocycles. The van der Waals surface area contributed by atoms with E-state index in [-0.39, 0.29) is 12.8 Å². The van der Waals surface area contributed by atoms with Crippen LogP contribution in [0.25, 0.3) is 5.57 Å². The first-order valence-electron chi connectivity index (χ1n) is 18.2. The van der Waals surface area contributed by atoms with E-state index in [4.69, 9.17) is 0 Å². The van der Waals surface area contributed by atoms with Crippen molar-refractivity contribution < 1.29 is 0 Å². The van der Waals surface area contributed by atoms with Crippen molar-refractivity contribution in [2.75, 3.05) is 14.7 Å². The molecule has 0 bridgehead atoms. The van der Waals surface area contributed by atoms with Gasteiger partial charge in [0.05, 0.1) is 6.04 Å². The largest absolute Gasteiger partial charge is 0.335 e. The van der Waals surface area contributed by atoms with Crippen molar-refractivity contribution in [3.05, 3.63) is 217 Å². The molecule has 4 heteroatoms. The van der Waals surface area contributed by atoms with Gasteiger partial charge in [-0.2, -0.15) is 0 Å². The smallest absolute Gasteiger partial charge is 0.247 e. The fourth-order valence-electron chi connectivity index (χ4n) is 8.64. The number of hydrogen-bond donors (Lipinski definition) is 0. The quantitative estimate of drug-likeness (QED) is 0.164. The molecule has 0 saturated carbocycles. The molecule has 3 nitrogen and oxygen atoms in total. The molecular formula is C48H36BN3. The Morgan fingerprint density at radius 1 is 0.462 bits per heavy atom. The zero-order valence-corrected chi connectivity index (χ0v) is 28.8. The lowest BCUT2D eigenvalue weighted by Crippen LogP contribution is -2.61. The highest BCUT2D eigenvalue weighted by molar-refractivity contribution is 6.94. The first-order chi connectivity index (χ1) is 25.8. The standard InChI is InChI=1S/C48H36BN3/c1-5-17-37(18-6-1)50(38-19-7-2-8-20-38)41-31-29-35(30-32-41)36-33-46-48-47(34-36)52(40-23-11-4-12-24-40)45-28-16-14-26-43(45)49(48)42-25-13-15-27-44(42)51(46)39-21-9-3-10-22-39/h1-33,47H,34H2. The minimum Gasteiger partial charge on any atom is -0.335 e. The summed E-state index contributed by atoms with van der Waals surface area (Å²) in [5.41, 5.74) is 16.4. The maximum atomic E-state index is 2.60. The first kappa shape index (κ1) is 30.3. The van der Waals surface area contributed by atoms with Gasteiger partial charge in [-0.25, -0.2) is 0 Å². The van der Waals surface area contributed by atoms with Crippen LogP contribution in [0.4, 0.5) is 39.8 Å². The second-order valence-electron chi connectivity index (χ2n) is 13.7. The molecule has 7 aromatic carbocycles. The molecular weight excluding hydrogens is 629 g/mol. The number of nitrogens with zero attached hydrogens (tertiary/aromatic N) is 3. The Labute approximate surface area is 306 Å². The monoisotopic (exact) mass is 665 g/mol. The van der Waals surface area contributed by atoms with Gasteiger partial charge in [-0.1, -0.05) is 121 Å². The van der Waals surface area contributed by atoms with Gasteiger partial charge in [0, 0.05) is 45.5 Å². The van der Waals surface area contributed by atoms with Crippen LogP contribution in [0.15, 0.2) is 211 Å². The van der Waals surface area contributed by atoms with Crippen LogP contribution in [0.1, 0.15) is 12.0 Å². The summed E-state index contributed by atoms with van der Waals surface area (Å²) in [6, 6.07) is 70.5. The Balaban J connectivity index is 1.17. The van der Waals surface area contributed by atoms with E-state index in [1.54, 1.807) is 0 Å². The lowest BCUT2D eigenvalue weighted by molar-refractivity contribution is 0.762. The molecule has 0 radical (unpaired) electrons. The lowest BCUT2D eigenvalue weighted by atomic mass is 9.31. The molecule has 0 aromatic heterocycles. The molecule has 10 rings (SSSR count). The molecule has 0 spiro atoms. The number of anilines is 7. The highest BCUT2D eigenvalue weighted by atomic mass is 15.2. The average molecular weight is 666 g/mol. The summed E-state index contributed by atoms with van der Waals surface area (Å²) in [6.07, 6.45) is 3.38. The van der Waals surface area contributed by atoms with Gasteiger partial charge >= 0.3 is 0 Å². The van der Waals surface area contributed by atoms with E-state index in [2.05, 4.69) is 215 Å². The summed E-state index contributed by atoms with van der Waals surface area (Å²) in [5, 5.41) is 0. The van der Waals surface area contributed by atoms with Crippen LogP contribution in [-0.2, 0) is 0 Å². The topological polar surface area (TPSA) is 9.72 Å². The van der Waals surface area contributed by atoms with Crippen LogP contribution in [0.5, 0.6) is 0 Å². The van der Waals surface area contributed by atoms with E-state index in [1.807, 2.05) is 0 Å². The van der Waals surface area contributed by atoms with Gasteiger partial charge in [0.15, 0.2) is 0 Å². The van der Waals surface area contributed by atoms with Gasteiger partial charge in [-0.15, -0.1) is 0 Å². The summed E-state index contributed by atoms with van der Waals surface area (Å²) < 4.78 is 0. The van der Waals surface area contributed by atoms with Crippen LogP contribution in [0.3, 0.4) is 0 Å². The Hall–Kier alpha value is -6.52. The molecule has 246 valence electrons. The molecule has 0 fully saturated rings. The third kappa shape index (κ3) is 4.98. The van der Waals surface area contributed by atoms with E-state index in [0.29, 0.717) is 0 Å². The first-order valence-corrected chi connectivity index (χ1v) is 18.2. The molecule has 7 aromatic rings. The van der Waals surface area contributed by atoms with Crippen molar-refractivity contribution in [2.24, 2.45) is 0 Å². The van der Waals surface area contributed by atoms with Crippen LogP contribution >= 0.6 is 0 Å². The van der Waals surface area contributed by atoms with Crippen molar-refractivity contribution in [1.29, 1.82) is 0 Å². The van der Waals surface area contributed by atoms with Gasteiger partial charge in [0.1, 0.15) is 0 Å². The summed E-state index contributed by atoms with van der Waals surface area (Å²) >= 11 is 0. The Kier molecular flexibility index (Phi) is 7.39. The van der Waals surface area contributed by atoms with E-state index in [1.165, 1.54) is 56.0 Å². The van der Waals surface area contributed by atoms with E-state index < -0.39 is 0 Å². The van der Waals surface area contributed by atoms with Gasteiger partial charge in [-0.05, 0) is 113 Å². The normalized spacial score (nSPS) is 15.7. The number of benzene rings is 7. The van der Waals surface area contributed by atoms with Gasteiger partial charge in [0.2, 0.25) is 6.71 Å². The zero-order valence-electron chi connectivity index (χ0n) is 28.8. The molecule has 1 unspecified atom stereocenters. The summed E-state index contributed by atoms with van der Waals surface area (Å²) in [5.74, 6) is 0. The minimum atomic E-state index is 0.127. The maximum absolute atomic E-state index is 2.60. The third-order valence-electron chi connectivity index (χ3n) is 10.8. The van der Waals surface area contributed by atoms with Crippen molar-refractivity contribution in [3.63, 3.8) is 0 Å². The van der Waals surface area contributed by atoms with E-state index in [0.717, 1.165) is 23.5 Å². The SMILES string of the molecule is C1=C(c2ccc(N(c3ccccc3)c3ccccc3)cc2)CC2C3=C1N(c1ccccc1)c1ccccc1B3c1ccccc1N2c1ccccc1. The number of rotatable bonds is 6. The lowest BCUT2D eigenvalue weighted by Gasteiger charge is -2.50. The number of allylic oxidation sites excluding steroid dienone is 1. The van der Waals surface area contributed by atoms with Gasteiger partial charge < -0.3 is 14.7 Å². The minimum absolute atomic E-state index is 0.127. The molecule has 0 amide bonds. The van der Waals surface area contributed by atoms with E-state index >= 15 is 0 Å². The molecule has 0 N–H and O–H groups in total. The Morgan fingerprint density at radius 2 is 0.942 bits per heavy atom. The van der Waals surface area contributed by atoms with Gasteiger partial charge in [0.25, 0.3) is 0 Å². The zero-order chi connectivity index (χ0) is 34.4. The Morgan fingerprint density at radius 3 is 1.56 bits per heavy atom. The molecule has 52 heavy (non-hydrogen) atoms. The molecule has 2 heterocycles. The number of para-hydroxylation sites is 6. The molecule has 2 aliphatic heterocycles. The van der Waals surface area contributed by atoms with Crippen molar-refractivity contribution in [2.45, 2.75) is 12.5 Å². The van der Waals surface area contributed by atoms with E-state index in [9.17, 15) is 0 Å². The highest BCUT2D eigenvalue weighted by Gasteiger charge is 2.48. The Bertz CT molecular complexity index is 2400.